The number of hydrogen-bond acceptors (Lipinski definition) is 7. The molecule has 2 fully saturated rings. The van der Waals surface area contributed by atoms with Crippen LogP contribution in [-0.4, -0.2) is 51.2 Å². The third-order valence-electron chi connectivity index (χ3n) is 7.26. The number of nitrogens with zero attached hydrogens (tertiary/aromatic N) is 4. The average molecular weight is 462 g/mol. The molecule has 0 aliphatic carbocycles. The largest absolute Gasteiger partial charge is 0.380 e. The van der Waals surface area contributed by atoms with Gasteiger partial charge in [-0.25, -0.2) is 0 Å². The number of carbonyl (C=O) groups excluding carboxylic acids is 1. The molecule has 4 heterocycles. The van der Waals surface area contributed by atoms with Gasteiger partial charge >= 0.3 is 0 Å². The van der Waals surface area contributed by atoms with E-state index in [1.165, 1.54) is 5.56 Å². The van der Waals surface area contributed by atoms with Crippen LogP contribution in [0.5, 0.6) is 0 Å². The molecule has 1 amide bonds. The van der Waals surface area contributed by atoms with Crippen LogP contribution in [0.25, 0.3) is 11.4 Å². The van der Waals surface area contributed by atoms with Crippen molar-refractivity contribution in [3.8, 4) is 11.4 Å². The maximum atomic E-state index is 12.4. The summed E-state index contributed by atoms with van der Waals surface area (Å²) < 4.78 is 5.44. The lowest BCUT2D eigenvalue weighted by Gasteiger charge is -2.55. The van der Waals surface area contributed by atoms with E-state index < -0.39 is 11.0 Å². The lowest BCUT2D eigenvalue weighted by atomic mass is 9.62. The first-order valence-electron chi connectivity index (χ1n) is 11.8. The highest BCUT2D eigenvalue weighted by Crippen LogP contribution is 2.50. The van der Waals surface area contributed by atoms with Gasteiger partial charge in [0.15, 0.2) is 0 Å². The van der Waals surface area contributed by atoms with Crippen LogP contribution in [0.15, 0.2) is 47.2 Å². The van der Waals surface area contributed by atoms with Crippen LogP contribution in [-0.2, 0) is 10.4 Å². The SMILES string of the molecule is CC(C)c1ccc([C@](O)(c2cncc(-c3noc([C@H]4CCC(=O)N4)n3)c2)C2(C)CN(C)C2)cc1. The van der Waals surface area contributed by atoms with E-state index in [1.54, 1.807) is 12.4 Å². The third kappa shape index (κ3) is 3.71. The second-order valence-corrected chi connectivity index (χ2v) is 10.3. The highest BCUT2D eigenvalue weighted by Gasteiger charge is 2.55. The van der Waals surface area contributed by atoms with Gasteiger partial charge in [0.25, 0.3) is 0 Å². The zero-order valence-electron chi connectivity index (χ0n) is 20.1. The molecule has 2 aromatic heterocycles. The zero-order valence-corrected chi connectivity index (χ0v) is 20.1. The van der Waals surface area contributed by atoms with Crippen molar-refractivity contribution in [3.63, 3.8) is 0 Å². The van der Waals surface area contributed by atoms with Crippen LogP contribution in [0.2, 0.25) is 0 Å². The minimum absolute atomic E-state index is 0.0133. The van der Waals surface area contributed by atoms with E-state index in [0.717, 1.165) is 18.7 Å². The van der Waals surface area contributed by atoms with Crippen molar-refractivity contribution >= 4 is 5.91 Å². The number of aromatic nitrogens is 3. The summed E-state index contributed by atoms with van der Waals surface area (Å²) in [6.07, 6.45) is 4.48. The molecule has 2 N–H and O–H groups in total. The predicted octanol–water partition coefficient (Wildman–Crippen LogP) is 3.39. The van der Waals surface area contributed by atoms with E-state index in [1.807, 2.05) is 18.2 Å². The van der Waals surface area contributed by atoms with Crippen LogP contribution < -0.4 is 5.32 Å². The first-order valence-corrected chi connectivity index (χ1v) is 11.8. The van der Waals surface area contributed by atoms with Crippen LogP contribution in [0.1, 0.15) is 68.2 Å². The Morgan fingerprint density at radius 1 is 1.21 bits per heavy atom. The highest BCUT2D eigenvalue weighted by molar-refractivity contribution is 5.78. The van der Waals surface area contributed by atoms with Crippen LogP contribution >= 0.6 is 0 Å². The van der Waals surface area contributed by atoms with Gasteiger partial charge in [-0.2, -0.15) is 4.98 Å². The fraction of sp³-hybridized carbons (Fsp3) is 0.462. The Kier molecular flexibility index (Phi) is 5.53. The molecule has 0 spiro atoms. The normalized spacial score (nSPS) is 21.8. The molecule has 5 rings (SSSR count). The summed E-state index contributed by atoms with van der Waals surface area (Å²) in [5.41, 5.74) is 1.78. The number of amides is 1. The van der Waals surface area contributed by atoms with Crippen molar-refractivity contribution in [2.75, 3.05) is 20.1 Å². The number of hydrogen-bond donors (Lipinski definition) is 2. The van der Waals surface area contributed by atoms with E-state index >= 15 is 0 Å². The van der Waals surface area contributed by atoms with E-state index in [4.69, 9.17) is 4.52 Å². The smallest absolute Gasteiger partial charge is 0.249 e. The third-order valence-corrected chi connectivity index (χ3v) is 7.26. The molecule has 0 saturated carbocycles. The van der Waals surface area contributed by atoms with Gasteiger partial charge < -0.3 is 19.8 Å². The van der Waals surface area contributed by atoms with Gasteiger partial charge in [0, 0.05) is 48.4 Å². The topological polar surface area (TPSA) is 104 Å². The fourth-order valence-electron chi connectivity index (χ4n) is 5.40. The standard InChI is InChI=1S/C26H31N5O3/c1-16(2)17-5-7-19(8-6-17)26(33,25(3)14-31(4)15-25)20-11-18(12-27-13-20)23-29-24(34-30-23)21-9-10-22(32)28-21/h5-8,11-13,16,21,33H,9-10,14-15H2,1-4H3,(H,28,32)/t21-,26+/m1/s1. The molecule has 1 aromatic carbocycles. The van der Waals surface area contributed by atoms with Crippen molar-refractivity contribution in [1.82, 2.24) is 25.3 Å². The van der Waals surface area contributed by atoms with Gasteiger partial charge in [0.2, 0.25) is 17.6 Å². The minimum atomic E-state index is -1.25. The number of carbonyl (C=O) groups is 1. The molecule has 178 valence electrons. The number of pyridine rings is 1. The van der Waals surface area contributed by atoms with E-state index in [-0.39, 0.29) is 11.9 Å². The second-order valence-electron chi connectivity index (χ2n) is 10.3. The molecular formula is C26H31N5O3. The van der Waals surface area contributed by atoms with Gasteiger partial charge in [-0.05, 0) is 36.6 Å². The minimum Gasteiger partial charge on any atom is -0.380 e. The van der Waals surface area contributed by atoms with Crippen molar-refractivity contribution in [1.29, 1.82) is 0 Å². The molecule has 2 atom stereocenters. The maximum Gasteiger partial charge on any atom is 0.249 e. The van der Waals surface area contributed by atoms with Crippen molar-refractivity contribution < 1.29 is 14.4 Å². The summed E-state index contributed by atoms with van der Waals surface area (Å²) in [6.45, 7) is 7.95. The molecule has 0 unspecified atom stereocenters. The maximum absolute atomic E-state index is 12.4. The quantitative estimate of drug-likeness (QED) is 0.580. The number of rotatable bonds is 6. The van der Waals surface area contributed by atoms with Crippen molar-refractivity contribution in [2.45, 2.75) is 51.2 Å². The Labute approximate surface area is 199 Å². The van der Waals surface area contributed by atoms with E-state index in [9.17, 15) is 9.90 Å². The monoisotopic (exact) mass is 461 g/mol. The summed E-state index contributed by atoms with van der Waals surface area (Å²) in [5.74, 6) is 1.17. The first-order chi connectivity index (χ1) is 16.2. The number of nitrogens with one attached hydrogen (secondary N) is 1. The number of likely N-dealkylation sites (tertiary alicyclic amines) is 1. The van der Waals surface area contributed by atoms with Gasteiger partial charge in [-0.1, -0.05) is 50.2 Å². The van der Waals surface area contributed by atoms with Gasteiger partial charge in [-0.15, -0.1) is 0 Å². The lowest BCUT2D eigenvalue weighted by molar-refractivity contribution is -0.127. The fourth-order valence-corrected chi connectivity index (χ4v) is 5.40. The summed E-state index contributed by atoms with van der Waals surface area (Å²) in [7, 11) is 2.06. The van der Waals surface area contributed by atoms with Crippen LogP contribution in [0.4, 0.5) is 0 Å². The molecule has 34 heavy (non-hydrogen) atoms. The molecule has 2 aliphatic rings. The van der Waals surface area contributed by atoms with E-state index in [2.05, 4.69) is 65.3 Å². The first kappa shape index (κ1) is 22.7. The summed E-state index contributed by atoms with van der Waals surface area (Å²) >= 11 is 0. The molecule has 2 saturated heterocycles. The highest BCUT2D eigenvalue weighted by atomic mass is 16.5. The molecule has 8 heteroatoms. The van der Waals surface area contributed by atoms with Gasteiger partial charge in [-0.3, -0.25) is 9.78 Å². The van der Waals surface area contributed by atoms with Crippen LogP contribution in [0, 0.1) is 5.41 Å². The van der Waals surface area contributed by atoms with Crippen LogP contribution in [0.3, 0.4) is 0 Å². The number of benzene rings is 1. The summed E-state index contributed by atoms with van der Waals surface area (Å²) in [4.78, 5) is 22.7. The average Bonchev–Trinajstić information content (AvgIpc) is 3.47. The Hall–Kier alpha value is -3.10. The second kappa shape index (κ2) is 8.29. The van der Waals surface area contributed by atoms with Crippen molar-refractivity contribution in [2.24, 2.45) is 5.41 Å². The van der Waals surface area contributed by atoms with E-state index in [0.29, 0.717) is 41.6 Å². The van der Waals surface area contributed by atoms with Crippen molar-refractivity contribution in [3.05, 3.63) is 65.3 Å². The summed E-state index contributed by atoms with van der Waals surface area (Å²) in [5, 5.41) is 19.4. The Bertz CT molecular complexity index is 1200. The Morgan fingerprint density at radius 3 is 2.56 bits per heavy atom. The molecule has 3 aromatic rings. The predicted molar refractivity (Wildman–Crippen MR) is 127 cm³/mol. The molecular weight excluding hydrogens is 430 g/mol. The van der Waals surface area contributed by atoms with Gasteiger partial charge in [0.1, 0.15) is 11.6 Å². The molecule has 0 radical (unpaired) electrons. The number of aliphatic hydroxyl groups is 1. The lowest BCUT2D eigenvalue weighted by Crippen LogP contribution is -2.63. The summed E-state index contributed by atoms with van der Waals surface area (Å²) in [6, 6.07) is 9.88. The molecule has 2 aliphatic heterocycles. The molecule has 0 bridgehead atoms. The molecule has 8 nitrogen and oxygen atoms in total. The Balaban J connectivity index is 1.54. The van der Waals surface area contributed by atoms with Gasteiger partial charge in [0.05, 0.1) is 0 Å². The Morgan fingerprint density at radius 2 is 1.94 bits per heavy atom. The zero-order chi connectivity index (χ0) is 24.1.